The number of hydrogen-bond donors (Lipinski definition) is 0. The summed E-state index contributed by atoms with van der Waals surface area (Å²) < 4.78 is 16.5. The maximum absolute atomic E-state index is 12.4. The molecular weight excluding hydrogens is 323 g/mol. The molecule has 6 heteroatoms. The number of hydrogen-bond acceptors (Lipinski definition) is 5. The average molecular weight is 358 g/mol. The van der Waals surface area contributed by atoms with Crippen LogP contribution >= 0.6 is 7.41 Å². The largest absolute Gasteiger partial charge is 0.463 e. The Morgan fingerprint density at radius 3 is 2.08 bits per heavy atom. The minimum absolute atomic E-state index is 0.277. The molecule has 0 amide bonds. The molecule has 1 aliphatic rings. The van der Waals surface area contributed by atoms with Crippen LogP contribution in [0.15, 0.2) is 11.8 Å². The first kappa shape index (κ1) is 21.3. The van der Waals surface area contributed by atoms with Gasteiger partial charge >= 0.3 is 5.97 Å². The lowest BCUT2D eigenvalue weighted by atomic mass is 10.1. The maximum Gasteiger partial charge on any atom is 0.336 e. The minimum Gasteiger partial charge on any atom is -0.463 e. The van der Waals surface area contributed by atoms with Crippen molar-refractivity contribution < 1.29 is 14.1 Å². The van der Waals surface area contributed by atoms with Gasteiger partial charge in [-0.05, 0) is 32.3 Å². The highest BCUT2D eigenvalue weighted by molar-refractivity contribution is 7.67. The van der Waals surface area contributed by atoms with Crippen molar-refractivity contribution in [2.45, 2.75) is 60.3 Å². The Bertz CT molecular complexity index is 453. The van der Waals surface area contributed by atoms with E-state index in [0.29, 0.717) is 6.61 Å². The zero-order valence-electron chi connectivity index (χ0n) is 16.1. The summed E-state index contributed by atoms with van der Waals surface area (Å²) in [4.78, 5) is 12.4. The fourth-order valence-electron chi connectivity index (χ4n) is 3.12. The van der Waals surface area contributed by atoms with Crippen molar-refractivity contribution in [2.75, 3.05) is 32.8 Å². The minimum atomic E-state index is -2.37. The molecule has 0 aromatic heterocycles. The summed E-state index contributed by atoms with van der Waals surface area (Å²) in [7, 11) is -2.37. The van der Waals surface area contributed by atoms with Crippen molar-refractivity contribution in [2.24, 2.45) is 0 Å². The molecule has 0 atom stereocenters. The van der Waals surface area contributed by atoms with Crippen LogP contribution in [0.25, 0.3) is 0 Å². The highest BCUT2D eigenvalue weighted by Crippen LogP contribution is 2.57. The van der Waals surface area contributed by atoms with Crippen molar-refractivity contribution in [3.8, 4) is 0 Å². The lowest BCUT2D eigenvalue weighted by Crippen LogP contribution is -2.35. The van der Waals surface area contributed by atoms with Gasteiger partial charge in [0.05, 0.1) is 18.2 Å². The average Bonchev–Trinajstić information content (AvgIpc) is 2.58. The van der Waals surface area contributed by atoms with E-state index in [9.17, 15) is 4.79 Å². The van der Waals surface area contributed by atoms with Crippen LogP contribution in [0.2, 0.25) is 0 Å². The van der Waals surface area contributed by atoms with Crippen LogP contribution in [0.3, 0.4) is 0 Å². The molecule has 0 saturated carbocycles. The molecule has 0 aliphatic heterocycles. The third kappa shape index (κ3) is 5.37. The Kier molecular flexibility index (Phi) is 9.72. The van der Waals surface area contributed by atoms with E-state index in [1.807, 2.05) is 6.92 Å². The van der Waals surface area contributed by atoms with Gasteiger partial charge < -0.3 is 9.26 Å². The molecule has 0 bridgehead atoms. The van der Waals surface area contributed by atoms with Gasteiger partial charge in [-0.15, -0.1) is 0 Å². The molecule has 24 heavy (non-hydrogen) atoms. The third-order valence-corrected chi connectivity index (χ3v) is 8.13. The molecule has 140 valence electrons. The number of allylic oxidation sites excluding steroid dienone is 2. The fraction of sp³-hybridized carbons (Fsp3) is 0.778. The third-order valence-electron chi connectivity index (χ3n) is 4.33. The molecule has 0 aromatic rings. The van der Waals surface area contributed by atoms with Crippen molar-refractivity contribution in [3.05, 3.63) is 11.8 Å². The predicted octanol–water partition coefficient (Wildman–Crippen LogP) is 4.27. The van der Waals surface area contributed by atoms with Crippen LogP contribution in [-0.2, 0) is 14.1 Å². The second-order valence-electron chi connectivity index (χ2n) is 5.76. The van der Waals surface area contributed by atoms with Crippen LogP contribution in [-0.4, -0.2) is 53.9 Å². The second kappa shape index (κ2) is 11.0. The van der Waals surface area contributed by atoms with E-state index < -0.39 is 7.41 Å². The van der Waals surface area contributed by atoms with Crippen LogP contribution in [0.4, 0.5) is 0 Å². The lowest BCUT2D eigenvalue weighted by molar-refractivity contribution is -0.134. The molecule has 1 rings (SSSR count). The van der Waals surface area contributed by atoms with Gasteiger partial charge in [0.1, 0.15) is 0 Å². The molecule has 0 radical (unpaired) electrons. The normalized spacial score (nSPS) is 15.4. The Morgan fingerprint density at radius 2 is 1.67 bits per heavy atom. The van der Waals surface area contributed by atoms with Gasteiger partial charge in [0.25, 0.3) is 0 Å². The highest BCUT2D eigenvalue weighted by atomic mass is 31.2. The summed E-state index contributed by atoms with van der Waals surface area (Å²) in [5, 5.41) is 0. The molecule has 0 saturated heterocycles. The molecule has 0 unspecified atom stereocenters. The van der Waals surface area contributed by atoms with E-state index in [1.165, 1.54) is 6.42 Å². The molecule has 0 fully saturated rings. The smallest absolute Gasteiger partial charge is 0.336 e. The van der Waals surface area contributed by atoms with E-state index in [2.05, 4.69) is 43.1 Å². The Morgan fingerprint density at radius 1 is 1.08 bits per heavy atom. The topological polar surface area (TPSA) is 42.0 Å². The van der Waals surface area contributed by atoms with Gasteiger partial charge in [0.15, 0.2) is 7.41 Å². The van der Waals surface area contributed by atoms with Crippen LogP contribution in [0, 0.1) is 0 Å². The first-order chi connectivity index (χ1) is 11.6. The summed E-state index contributed by atoms with van der Waals surface area (Å²) in [5.74, 6) is 2.49. The van der Waals surface area contributed by atoms with E-state index in [-0.39, 0.29) is 5.97 Å². The second-order valence-corrected chi connectivity index (χ2v) is 8.51. The van der Waals surface area contributed by atoms with Crippen molar-refractivity contribution in [1.29, 1.82) is 0 Å². The molecule has 0 aromatic carbocycles. The molecular formula is C18H35N2O3P. The first-order valence-corrected chi connectivity index (χ1v) is 11.1. The van der Waals surface area contributed by atoms with Crippen LogP contribution < -0.4 is 0 Å². The zero-order chi connectivity index (χ0) is 18.0. The van der Waals surface area contributed by atoms with Crippen molar-refractivity contribution in [1.82, 2.24) is 9.34 Å². The van der Waals surface area contributed by atoms with Crippen molar-refractivity contribution in [3.63, 3.8) is 0 Å². The van der Waals surface area contributed by atoms with Crippen molar-refractivity contribution >= 4 is 19.2 Å². The maximum atomic E-state index is 12.4. The monoisotopic (exact) mass is 358 g/mol. The molecule has 0 heterocycles. The standard InChI is InChI=1S/C18H35N2O3P/c1-6-19(7-2)24(20(8-3)9-4,16-18(21)22-10-5)23-17-14-12-11-13-15-17/h14,16H,6-13,15H2,1-5H3. The number of carbonyl (C=O) groups is 1. The summed E-state index contributed by atoms with van der Waals surface area (Å²) >= 11 is 0. The summed E-state index contributed by atoms with van der Waals surface area (Å²) in [6.45, 7) is 14.1. The quantitative estimate of drug-likeness (QED) is 0.431. The van der Waals surface area contributed by atoms with E-state index in [0.717, 1.165) is 51.2 Å². The number of esters is 1. The Balaban J connectivity index is 3.40. The van der Waals surface area contributed by atoms with Gasteiger partial charge in [0, 0.05) is 32.6 Å². The van der Waals surface area contributed by atoms with E-state index in [4.69, 9.17) is 9.26 Å². The first-order valence-electron chi connectivity index (χ1n) is 9.38. The van der Waals surface area contributed by atoms with Gasteiger partial charge in [-0.2, -0.15) is 0 Å². The SMILES string of the molecule is CCOC(=O)C=P(OC1=CCCCC1)(N(CC)CC)N(CC)CC. The number of nitrogens with zero attached hydrogens (tertiary/aromatic N) is 2. The zero-order valence-corrected chi connectivity index (χ0v) is 17.0. The number of ether oxygens (including phenoxy) is 1. The Labute approximate surface area is 148 Å². The van der Waals surface area contributed by atoms with E-state index in [1.54, 1.807) is 5.80 Å². The fourth-order valence-corrected chi connectivity index (χ4v) is 6.57. The Hall–Kier alpha value is -0.770. The molecule has 5 nitrogen and oxygen atoms in total. The highest BCUT2D eigenvalue weighted by Gasteiger charge is 2.34. The van der Waals surface area contributed by atoms with E-state index >= 15 is 0 Å². The van der Waals surface area contributed by atoms with Gasteiger partial charge in [-0.3, -0.25) is 0 Å². The molecule has 1 aliphatic carbocycles. The lowest BCUT2D eigenvalue weighted by Gasteiger charge is -2.43. The van der Waals surface area contributed by atoms with Crippen LogP contribution in [0.5, 0.6) is 0 Å². The molecule has 0 N–H and O–H groups in total. The number of carbonyl (C=O) groups excluding carboxylic acids is 1. The summed E-state index contributed by atoms with van der Waals surface area (Å²) in [5.41, 5.74) is 0. The van der Waals surface area contributed by atoms with Gasteiger partial charge in [-0.25, -0.2) is 14.1 Å². The molecule has 0 spiro atoms. The predicted molar refractivity (Wildman–Crippen MR) is 103 cm³/mol. The van der Waals surface area contributed by atoms with Gasteiger partial charge in [0.2, 0.25) is 0 Å². The summed E-state index contributed by atoms with van der Waals surface area (Å²) in [6.07, 6.45) is 6.59. The number of rotatable bonds is 10. The summed E-state index contributed by atoms with van der Waals surface area (Å²) in [6, 6.07) is 0. The van der Waals surface area contributed by atoms with Gasteiger partial charge in [-0.1, -0.05) is 27.7 Å². The van der Waals surface area contributed by atoms with Crippen LogP contribution in [0.1, 0.15) is 60.3 Å².